The van der Waals surface area contributed by atoms with Crippen LogP contribution in [0, 0.1) is 0 Å². The summed E-state index contributed by atoms with van der Waals surface area (Å²) < 4.78 is 5.17. The Labute approximate surface area is 180 Å². The van der Waals surface area contributed by atoms with Crippen LogP contribution >= 0.6 is 0 Å². The molecule has 6 N–H and O–H groups in total. The van der Waals surface area contributed by atoms with Gasteiger partial charge in [0.15, 0.2) is 6.54 Å². The number of urea groups is 1. The maximum Gasteiger partial charge on any atom is 0.322 e. The summed E-state index contributed by atoms with van der Waals surface area (Å²) >= 11 is 0. The molecule has 0 saturated carbocycles. The van der Waals surface area contributed by atoms with E-state index in [4.69, 9.17) is 4.74 Å². The van der Waals surface area contributed by atoms with Gasteiger partial charge in [-0.1, -0.05) is 6.07 Å². The number of amides is 5. The lowest BCUT2D eigenvalue weighted by Crippen LogP contribution is -2.66. The minimum atomic E-state index is -0.926. The van der Waals surface area contributed by atoms with Crippen LogP contribution in [-0.2, 0) is 14.4 Å². The van der Waals surface area contributed by atoms with E-state index in [1.807, 2.05) is 0 Å². The Morgan fingerprint density at radius 2 is 2.10 bits per heavy atom. The molecule has 0 aromatic heterocycles. The molecule has 2 aliphatic heterocycles. The van der Waals surface area contributed by atoms with Crippen molar-refractivity contribution in [1.82, 2.24) is 20.4 Å². The molecule has 2 saturated heterocycles. The molecule has 1 aromatic carbocycles. The summed E-state index contributed by atoms with van der Waals surface area (Å²) in [6.07, 6.45) is 1.29. The largest absolute Gasteiger partial charge is 0.497 e. The number of anilines is 1. The molecular formula is C20H29N6O5+. The Morgan fingerprint density at radius 3 is 2.81 bits per heavy atom. The van der Waals surface area contributed by atoms with Crippen molar-refractivity contribution < 1.29 is 29.6 Å². The monoisotopic (exact) mass is 433 g/mol. The highest BCUT2D eigenvalue weighted by Crippen LogP contribution is 2.19. The van der Waals surface area contributed by atoms with Gasteiger partial charge in [-0.15, -0.1) is 0 Å². The number of quaternary nitrogens is 1. The zero-order valence-corrected chi connectivity index (χ0v) is 17.6. The normalized spacial score (nSPS) is 21.2. The molecule has 168 valence electrons. The quantitative estimate of drug-likeness (QED) is 0.440. The fourth-order valence-electron chi connectivity index (χ4n) is 3.71. The number of piperidine rings is 1. The van der Waals surface area contributed by atoms with Crippen molar-refractivity contribution in [2.24, 2.45) is 0 Å². The van der Waals surface area contributed by atoms with Crippen molar-refractivity contribution in [1.29, 1.82) is 0 Å². The van der Waals surface area contributed by atoms with Crippen LogP contribution in [0.15, 0.2) is 24.3 Å². The number of carbonyl (C=O) groups is 4. The maximum absolute atomic E-state index is 13.0. The second-order valence-electron chi connectivity index (χ2n) is 7.46. The summed E-state index contributed by atoms with van der Waals surface area (Å²) in [6.45, 7) is 1.16. The lowest BCUT2D eigenvalue weighted by atomic mass is 10.1. The molecule has 2 fully saturated rings. The Bertz CT molecular complexity index is 847. The zero-order valence-electron chi connectivity index (χ0n) is 17.6. The van der Waals surface area contributed by atoms with Crippen LogP contribution in [0.25, 0.3) is 0 Å². The number of nitrogens with one attached hydrogen (secondary N) is 3. The van der Waals surface area contributed by atoms with E-state index in [9.17, 15) is 19.2 Å². The van der Waals surface area contributed by atoms with Gasteiger partial charge in [-0.05, 0) is 25.0 Å². The van der Waals surface area contributed by atoms with E-state index in [-0.39, 0.29) is 31.4 Å². The number of hydrogen-bond acceptors (Lipinski definition) is 5. The van der Waals surface area contributed by atoms with Gasteiger partial charge in [-0.3, -0.25) is 14.4 Å². The van der Waals surface area contributed by atoms with Crippen molar-refractivity contribution in [2.75, 3.05) is 45.2 Å². The van der Waals surface area contributed by atoms with Gasteiger partial charge in [0, 0.05) is 31.4 Å². The van der Waals surface area contributed by atoms with Gasteiger partial charge in [-0.25, -0.2) is 4.79 Å². The van der Waals surface area contributed by atoms with Crippen molar-refractivity contribution in [2.45, 2.75) is 24.9 Å². The average molecular weight is 433 g/mol. The minimum absolute atomic E-state index is 0.0417. The number of nitrogens with zero attached hydrogens (tertiary/aromatic N) is 2. The topological polar surface area (TPSA) is 148 Å². The summed E-state index contributed by atoms with van der Waals surface area (Å²) in [6, 6.07) is 4.83. The molecule has 2 atom stereocenters. The van der Waals surface area contributed by atoms with Gasteiger partial charge in [0.05, 0.1) is 13.7 Å². The summed E-state index contributed by atoms with van der Waals surface area (Å²) in [4.78, 5) is 53.1. The second kappa shape index (κ2) is 10.1. The first kappa shape index (κ1) is 22.3. The van der Waals surface area contributed by atoms with Crippen molar-refractivity contribution in [3.63, 3.8) is 0 Å². The molecule has 11 heteroatoms. The number of ether oxygens (including phenoxy) is 1. The van der Waals surface area contributed by atoms with Gasteiger partial charge < -0.3 is 36.2 Å². The molecule has 0 aliphatic carbocycles. The van der Waals surface area contributed by atoms with E-state index in [0.717, 1.165) is 6.42 Å². The van der Waals surface area contributed by atoms with E-state index in [1.165, 1.54) is 16.9 Å². The highest BCUT2D eigenvalue weighted by Gasteiger charge is 2.38. The van der Waals surface area contributed by atoms with Gasteiger partial charge in [0.1, 0.15) is 17.8 Å². The summed E-state index contributed by atoms with van der Waals surface area (Å²) in [5.74, 6) is -0.319. The zero-order chi connectivity index (χ0) is 22.4. The molecule has 3 rings (SSSR count). The van der Waals surface area contributed by atoms with E-state index in [2.05, 4.69) is 21.7 Å². The van der Waals surface area contributed by atoms with Crippen molar-refractivity contribution >= 4 is 29.4 Å². The van der Waals surface area contributed by atoms with E-state index in [0.29, 0.717) is 30.9 Å². The van der Waals surface area contributed by atoms with Gasteiger partial charge >= 0.3 is 6.03 Å². The van der Waals surface area contributed by atoms with Crippen molar-refractivity contribution in [3.8, 4) is 5.75 Å². The number of methoxy groups -OCH3 is 1. The van der Waals surface area contributed by atoms with E-state index in [1.54, 1.807) is 24.3 Å². The molecular weight excluding hydrogens is 404 g/mol. The Morgan fingerprint density at radius 1 is 1.29 bits per heavy atom. The van der Waals surface area contributed by atoms with Crippen LogP contribution in [0.5, 0.6) is 5.75 Å². The molecule has 2 heterocycles. The van der Waals surface area contributed by atoms with Gasteiger partial charge in [-0.2, -0.15) is 0 Å². The minimum Gasteiger partial charge on any atom is -0.497 e. The Hall–Kier alpha value is -3.34. The number of hydrogen-bond donors (Lipinski definition) is 4. The lowest BCUT2D eigenvalue weighted by molar-refractivity contribution is -0.357. The first-order chi connectivity index (χ1) is 14.9. The lowest BCUT2D eigenvalue weighted by Gasteiger charge is -2.40. The van der Waals surface area contributed by atoms with Crippen LogP contribution in [-0.4, -0.2) is 85.5 Å². The molecule has 0 spiro atoms. The van der Waals surface area contributed by atoms with Crippen LogP contribution in [0.2, 0.25) is 0 Å². The fraction of sp³-hybridized carbons (Fsp3) is 0.500. The van der Waals surface area contributed by atoms with Gasteiger partial charge in [0.2, 0.25) is 11.8 Å². The predicted octanol–water partition coefficient (Wildman–Crippen LogP) is -1.62. The summed E-state index contributed by atoms with van der Waals surface area (Å²) in [5.41, 5.74) is 4.13. The molecule has 0 radical (unpaired) electrons. The van der Waals surface area contributed by atoms with E-state index >= 15 is 0 Å². The Kier molecular flexibility index (Phi) is 7.29. The smallest absolute Gasteiger partial charge is 0.322 e. The SMILES string of the molecule is COc1cccc(NC(=O)N2CCN(C(=O)C[NH3+])C[C@@H]2C(=O)N[C@H]2CCCNC2=O)c1. The fourth-order valence-corrected chi connectivity index (χ4v) is 3.71. The number of piperazine rings is 1. The van der Waals surface area contributed by atoms with Crippen LogP contribution in [0.1, 0.15) is 12.8 Å². The third kappa shape index (κ3) is 5.43. The average Bonchev–Trinajstić information content (AvgIpc) is 2.79. The first-order valence-electron chi connectivity index (χ1n) is 10.3. The third-order valence-electron chi connectivity index (χ3n) is 5.43. The summed E-state index contributed by atoms with van der Waals surface area (Å²) in [7, 11) is 1.53. The Balaban J connectivity index is 1.75. The molecule has 0 bridgehead atoms. The van der Waals surface area contributed by atoms with Crippen LogP contribution in [0.4, 0.5) is 10.5 Å². The standard InChI is InChI=1S/C20H28N6O5/c1-31-14-5-2-4-13(10-14)23-20(30)26-9-8-25(17(27)11-21)12-16(26)19(29)24-15-6-3-7-22-18(15)28/h2,4-5,10,15-16H,3,6-9,11-12,21H2,1H3,(H,22,28)(H,23,30)(H,24,29)/p+1/t15-,16+/m0/s1. The first-order valence-corrected chi connectivity index (χ1v) is 10.3. The van der Waals surface area contributed by atoms with Crippen LogP contribution < -0.4 is 26.4 Å². The maximum atomic E-state index is 13.0. The number of carbonyl (C=O) groups excluding carboxylic acids is 4. The molecule has 2 aliphatic rings. The number of rotatable bonds is 5. The molecule has 1 aromatic rings. The highest BCUT2D eigenvalue weighted by atomic mass is 16.5. The molecule has 5 amide bonds. The molecule has 0 unspecified atom stereocenters. The van der Waals surface area contributed by atoms with E-state index < -0.39 is 24.0 Å². The van der Waals surface area contributed by atoms with Crippen LogP contribution in [0.3, 0.4) is 0 Å². The summed E-state index contributed by atoms with van der Waals surface area (Å²) in [5, 5.41) is 8.23. The second-order valence-corrected chi connectivity index (χ2v) is 7.46. The number of benzene rings is 1. The molecule has 11 nitrogen and oxygen atoms in total. The third-order valence-corrected chi connectivity index (χ3v) is 5.43. The van der Waals surface area contributed by atoms with Gasteiger partial charge in [0.25, 0.3) is 5.91 Å². The highest BCUT2D eigenvalue weighted by molar-refractivity contribution is 5.96. The molecule has 31 heavy (non-hydrogen) atoms. The van der Waals surface area contributed by atoms with Crippen molar-refractivity contribution in [3.05, 3.63) is 24.3 Å². The predicted molar refractivity (Wildman–Crippen MR) is 111 cm³/mol.